The first kappa shape index (κ1) is 17.2. The topological polar surface area (TPSA) is 102 Å². The monoisotopic (exact) mass is 387 g/mol. The van der Waals surface area contributed by atoms with Crippen molar-refractivity contribution in [3.63, 3.8) is 0 Å². The molecule has 0 saturated carbocycles. The van der Waals surface area contributed by atoms with Gasteiger partial charge in [0.05, 0.1) is 36.4 Å². The van der Waals surface area contributed by atoms with E-state index in [-0.39, 0.29) is 23.9 Å². The summed E-state index contributed by atoms with van der Waals surface area (Å²) < 4.78 is 7.28. The second-order valence-electron chi connectivity index (χ2n) is 6.91. The molecule has 2 aromatic carbocycles. The Labute approximate surface area is 165 Å². The van der Waals surface area contributed by atoms with Gasteiger partial charge in [-0.3, -0.25) is 9.59 Å². The number of hydrogen-bond donors (Lipinski definition) is 2. The Bertz CT molecular complexity index is 1230. The average Bonchev–Trinajstić information content (AvgIpc) is 3.36. The summed E-state index contributed by atoms with van der Waals surface area (Å²) in [6, 6.07) is 16.4. The summed E-state index contributed by atoms with van der Waals surface area (Å²) in [6.45, 7) is 0.412. The highest BCUT2D eigenvalue weighted by Gasteiger charge is 2.27. The van der Waals surface area contributed by atoms with Gasteiger partial charge in [-0.2, -0.15) is 0 Å². The highest BCUT2D eigenvalue weighted by atomic mass is 16.5. The fraction of sp³-hybridized carbons (Fsp3) is 0.143. The van der Waals surface area contributed by atoms with E-state index in [9.17, 15) is 9.59 Å². The first-order valence-corrected chi connectivity index (χ1v) is 9.22. The van der Waals surface area contributed by atoms with E-state index in [1.54, 1.807) is 12.4 Å². The first-order chi connectivity index (χ1) is 14.2. The lowest BCUT2D eigenvalue weighted by molar-refractivity contribution is -0.116. The molecule has 4 aromatic rings. The molecule has 0 fully saturated rings. The minimum atomic E-state index is -0.412. The number of carbonyl (C=O) groups excluding carboxylic acids is 2. The van der Waals surface area contributed by atoms with Crippen molar-refractivity contribution in [3.8, 4) is 0 Å². The third-order valence-electron chi connectivity index (χ3n) is 4.95. The van der Waals surface area contributed by atoms with Crippen LogP contribution in [0.3, 0.4) is 0 Å². The lowest BCUT2D eigenvalue weighted by Gasteiger charge is -2.25. The zero-order chi connectivity index (χ0) is 19.8. The van der Waals surface area contributed by atoms with Crippen LogP contribution in [0.2, 0.25) is 0 Å². The molecule has 2 aromatic heterocycles. The summed E-state index contributed by atoms with van der Waals surface area (Å²) in [5.74, 6) is 0.0203. The van der Waals surface area contributed by atoms with Gasteiger partial charge in [-0.1, -0.05) is 35.5 Å². The summed E-state index contributed by atoms with van der Waals surface area (Å²) >= 11 is 0. The normalized spacial score (nSPS) is 15.7. The third-order valence-corrected chi connectivity index (χ3v) is 4.95. The molecule has 5 rings (SSSR count). The van der Waals surface area contributed by atoms with Gasteiger partial charge in [-0.25, -0.2) is 4.98 Å². The Morgan fingerprint density at radius 3 is 2.97 bits per heavy atom. The molecule has 1 aliphatic rings. The van der Waals surface area contributed by atoms with Crippen LogP contribution in [0.4, 0.5) is 5.69 Å². The maximum Gasteiger partial charge on any atom is 0.273 e. The molecule has 2 amide bonds. The Balaban J connectivity index is 1.33. The number of carbonyl (C=O) groups is 2. The van der Waals surface area contributed by atoms with Gasteiger partial charge in [0.25, 0.3) is 5.91 Å². The third kappa shape index (κ3) is 3.25. The minimum Gasteiger partial charge on any atom is -0.359 e. The summed E-state index contributed by atoms with van der Waals surface area (Å²) in [4.78, 5) is 29.0. The lowest BCUT2D eigenvalue weighted by Crippen LogP contribution is -2.35. The Morgan fingerprint density at radius 1 is 1.21 bits per heavy atom. The number of benzene rings is 2. The molecule has 1 atom stereocenters. The van der Waals surface area contributed by atoms with Crippen molar-refractivity contribution >= 4 is 28.5 Å². The molecule has 8 nitrogen and oxygen atoms in total. The number of fused-ring (bicyclic) bond motifs is 2. The predicted octanol–water partition coefficient (Wildman–Crippen LogP) is 2.89. The second kappa shape index (κ2) is 6.90. The van der Waals surface area contributed by atoms with Gasteiger partial charge in [-0.05, 0) is 23.8 Å². The van der Waals surface area contributed by atoms with Crippen molar-refractivity contribution in [3.05, 3.63) is 77.9 Å². The number of nitrogens with zero attached hydrogens (tertiary/aromatic N) is 3. The number of anilines is 1. The number of amides is 2. The highest BCUT2D eigenvalue weighted by molar-refractivity contribution is 5.97. The Hall–Kier alpha value is -3.94. The summed E-state index contributed by atoms with van der Waals surface area (Å²) in [7, 11) is 0. The van der Waals surface area contributed by atoms with Crippen molar-refractivity contribution in [1.82, 2.24) is 20.0 Å². The van der Waals surface area contributed by atoms with Gasteiger partial charge in [0, 0.05) is 11.8 Å². The fourth-order valence-electron chi connectivity index (χ4n) is 3.57. The molecule has 1 unspecified atom stereocenters. The standard InChI is InChI=1S/C21H17N5O3/c27-20-10-17(14-5-1-2-6-15(14)23-20)24-21(28)18-9-13(29-25-18)11-26-12-22-16-7-3-4-8-19(16)26/h1-9,12,17H,10-11H2,(H,23,27)(H,24,28). The zero-order valence-electron chi connectivity index (χ0n) is 15.3. The molecule has 0 bridgehead atoms. The molecule has 144 valence electrons. The van der Waals surface area contributed by atoms with E-state index < -0.39 is 6.04 Å². The van der Waals surface area contributed by atoms with Crippen LogP contribution in [0.25, 0.3) is 11.0 Å². The maximum atomic E-state index is 12.7. The van der Waals surface area contributed by atoms with Gasteiger partial charge in [-0.15, -0.1) is 0 Å². The quantitative estimate of drug-likeness (QED) is 0.561. The van der Waals surface area contributed by atoms with E-state index in [1.807, 2.05) is 53.1 Å². The van der Waals surface area contributed by atoms with Crippen LogP contribution in [0.15, 0.2) is 65.4 Å². The summed E-state index contributed by atoms with van der Waals surface area (Å²) in [5, 5.41) is 9.59. The number of rotatable bonds is 4. The smallest absolute Gasteiger partial charge is 0.273 e. The van der Waals surface area contributed by atoms with Crippen molar-refractivity contribution < 1.29 is 14.1 Å². The fourth-order valence-corrected chi connectivity index (χ4v) is 3.57. The first-order valence-electron chi connectivity index (χ1n) is 9.22. The van der Waals surface area contributed by atoms with E-state index in [4.69, 9.17) is 4.52 Å². The van der Waals surface area contributed by atoms with Crippen LogP contribution < -0.4 is 10.6 Å². The SMILES string of the molecule is O=C1CC(NC(=O)c2cc(Cn3cnc4ccccc43)on2)c2ccccc2N1. The van der Waals surface area contributed by atoms with E-state index in [0.717, 1.165) is 16.6 Å². The molecule has 0 saturated heterocycles. The molecular formula is C21H17N5O3. The molecule has 3 heterocycles. The summed E-state index contributed by atoms with van der Waals surface area (Å²) in [5.41, 5.74) is 3.61. The molecule has 2 N–H and O–H groups in total. The van der Waals surface area contributed by atoms with Crippen LogP contribution in [0, 0.1) is 0 Å². The van der Waals surface area contributed by atoms with Gasteiger partial charge < -0.3 is 19.7 Å². The number of aromatic nitrogens is 3. The van der Waals surface area contributed by atoms with E-state index >= 15 is 0 Å². The molecule has 8 heteroatoms. The number of para-hydroxylation sites is 3. The van der Waals surface area contributed by atoms with Crippen LogP contribution in [0.1, 0.15) is 34.3 Å². The average molecular weight is 387 g/mol. The molecule has 0 aliphatic carbocycles. The number of hydrogen-bond acceptors (Lipinski definition) is 5. The van der Waals surface area contributed by atoms with Gasteiger partial charge in [0.15, 0.2) is 11.5 Å². The zero-order valence-corrected chi connectivity index (χ0v) is 15.3. The second-order valence-corrected chi connectivity index (χ2v) is 6.91. The highest BCUT2D eigenvalue weighted by Crippen LogP contribution is 2.30. The Morgan fingerprint density at radius 2 is 2.03 bits per heavy atom. The molecule has 29 heavy (non-hydrogen) atoms. The predicted molar refractivity (Wildman–Crippen MR) is 105 cm³/mol. The van der Waals surface area contributed by atoms with Crippen LogP contribution in [-0.4, -0.2) is 26.5 Å². The largest absolute Gasteiger partial charge is 0.359 e. The van der Waals surface area contributed by atoms with Crippen LogP contribution in [-0.2, 0) is 11.3 Å². The number of imidazole rings is 1. The van der Waals surface area contributed by atoms with Crippen molar-refractivity contribution in [2.45, 2.75) is 19.0 Å². The van der Waals surface area contributed by atoms with E-state index in [1.165, 1.54) is 0 Å². The lowest BCUT2D eigenvalue weighted by atomic mass is 9.97. The molecular weight excluding hydrogens is 370 g/mol. The van der Waals surface area contributed by atoms with Gasteiger partial charge >= 0.3 is 0 Å². The summed E-state index contributed by atoms with van der Waals surface area (Å²) in [6.07, 6.45) is 1.90. The van der Waals surface area contributed by atoms with Gasteiger partial charge in [0.1, 0.15) is 0 Å². The Kier molecular flexibility index (Phi) is 4.09. The van der Waals surface area contributed by atoms with Gasteiger partial charge in [0.2, 0.25) is 5.91 Å². The van der Waals surface area contributed by atoms with E-state index in [2.05, 4.69) is 20.8 Å². The van der Waals surface area contributed by atoms with Crippen LogP contribution in [0.5, 0.6) is 0 Å². The maximum absolute atomic E-state index is 12.7. The van der Waals surface area contributed by atoms with Crippen molar-refractivity contribution in [1.29, 1.82) is 0 Å². The molecule has 0 radical (unpaired) electrons. The van der Waals surface area contributed by atoms with Crippen LogP contribution >= 0.6 is 0 Å². The molecule has 0 spiro atoms. The van der Waals surface area contributed by atoms with E-state index in [0.29, 0.717) is 18.0 Å². The minimum absolute atomic E-state index is 0.137. The number of nitrogens with one attached hydrogen (secondary N) is 2. The molecule has 1 aliphatic heterocycles. The van der Waals surface area contributed by atoms with Crippen molar-refractivity contribution in [2.75, 3.05) is 5.32 Å². The van der Waals surface area contributed by atoms with Crippen molar-refractivity contribution in [2.24, 2.45) is 0 Å².